The fraction of sp³-hybridized carbons (Fsp3) is 0.409. The molecule has 0 atom stereocenters. The number of hydrogen-bond acceptors (Lipinski definition) is 5. The molecular weight excluding hydrogens is 380 g/mol. The first kappa shape index (κ1) is 21.0. The van der Waals surface area contributed by atoms with E-state index in [4.69, 9.17) is 12.2 Å². The second kappa shape index (κ2) is 9.69. The normalized spacial score (nSPS) is 18.0. The molecule has 7 heteroatoms. The van der Waals surface area contributed by atoms with Gasteiger partial charge < -0.3 is 15.1 Å². The van der Waals surface area contributed by atoms with E-state index in [2.05, 4.69) is 63.2 Å². The maximum absolute atomic E-state index is 5.60. The monoisotopic (exact) mass is 410 g/mol. The molecule has 0 spiro atoms. The molecule has 2 N–H and O–H groups in total. The smallest absolute Gasteiger partial charge is 0.189 e. The molecule has 0 aromatic carbocycles. The standard InChI is InChI=1S/C22H30N6S/c1-16(2)14-18(15-17(3)4)27-10-12-28(13-11-27)22(29)26-25-20-7-9-23-19-6-5-8-24-21(19)20/h5-6,8,14-15,23H,1,7,9-13H2,2-4H3,(H,26,29)/b18-14+,25-20-. The highest BCUT2D eigenvalue weighted by molar-refractivity contribution is 7.80. The van der Waals surface area contributed by atoms with Crippen molar-refractivity contribution >= 4 is 28.7 Å². The Bertz CT molecular complexity index is 858. The predicted octanol–water partition coefficient (Wildman–Crippen LogP) is 3.52. The van der Waals surface area contributed by atoms with Crippen molar-refractivity contribution in [1.29, 1.82) is 0 Å². The Hall–Kier alpha value is -2.67. The number of rotatable bonds is 4. The average molecular weight is 411 g/mol. The van der Waals surface area contributed by atoms with Crippen LogP contribution in [-0.4, -0.2) is 58.3 Å². The second-order valence-electron chi connectivity index (χ2n) is 7.66. The summed E-state index contributed by atoms with van der Waals surface area (Å²) in [5.74, 6) is 0. The van der Waals surface area contributed by atoms with Gasteiger partial charge >= 0.3 is 0 Å². The summed E-state index contributed by atoms with van der Waals surface area (Å²) in [4.78, 5) is 9.02. The number of fused-ring (bicyclic) bond motifs is 1. The number of pyridine rings is 1. The lowest BCUT2D eigenvalue weighted by atomic mass is 10.1. The van der Waals surface area contributed by atoms with E-state index in [1.807, 2.05) is 19.1 Å². The summed E-state index contributed by atoms with van der Waals surface area (Å²) < 4.78 is 0. The molecule has 154 valence electrons. The van der Waals surface area contributed by atoms with E-state index in [9.17, 15) is 0 Å². The van der Waals surface area contributed by atoms with Crippen molar-refractivity contribution in [3.63, 3.8) is 0 Å². The van der Waals surface area contributed by atoms with Crippen LogP contribution in [0.4, 0.5) is 5.69 Å². The maximum Gasteiger partial charge on any atom is 0.189 e. The van der Waals surface area contributed by atoms with E-state index in [1.165, 1.54) is 11.3 Å². The number of thiocarbonyl (C=S) groups is 1. The molecule has 1 aromatic heterocycles. The molecule has 0 unspecified atom stereocenters. The largest absolute Gasteiger partial charge is 0.383 e. The third-order valence-electron chi connectivity index (χ3n) is 4.81. The zero-order valence-corrected chi connectivity index (χ0v) is 18.4. The van der Waals surface area contributed by atoms with Gasteiger partial charge in [-0.15, -0.1) is 0 Å². The van der Waals surface area contributed by atoms with Crippen LogP contribution in [-0.2, 0) is 0 Å². The summed E-state index contributed by atoms with van der Waals surface area (Å²) in [5, 5.41) is 8.58. The molecule has 0 radical (unpaired) electrons. The average Bonchev–Trinajstić information content (AvgIpc) is 2.71. The van der Waals surface area contributed by atoms with Crippen molar-refractivity contribution in [3.05, 3.63) is 59.6 Å². The van der Waals surface area contributed by atoms with Crippen LogP contribution in [0, 0.1) is 0 Å². The van der Waals surface area contributed by atoms with Crippen LogP contribution in [0.1, 0.15) is 32.9 Å². The summed E-state index contributed by atoms with van der Waals surface area (Å²) in [6.45, 7) is 14.7. The van der Waals surface area contributed by atoms with Gasteiger partial charge in [-0.25, -0.2) is 0 Å². The van der Waals surface area contributed by atoms with Gasteiger partial charge in [0.25, 0.3) is 0 Å². The first-order valence-electron chi connectivity index (χ1n) is 10.0. The number of piperazine rings is 1. The minimum absolute atomic E-state index is 0.667. The van der Waals surface area contributed by atoms with E-state index >= 15 is 0 Å². The van der Waals surface area contributed by atoms with Crippen molar-refractivity contribution in [3.8, 4) is 0 Å². The molecule has 0 amide bonds. The molecule has 1 fully saturated rings. The molecule has 6 nitrogen and oxygen atoms in total. The first-order valence-corrected chi connectivity index (χ1v) is 10.4. The molecule has 29 heavy (non-hydrogen) atoms. The highest BCUT2D eigenvalue weighted by Gasteiger charge is 2.21. The Balaban J connectivity index is 1.60. The van der Waals surface area contributed by atoms with Gasteiger partial charge in [-0.2, -0.15) is 5.10 Å². The SMILES string of the molecule is C=C(C)/C=C(\C=C(C)C)N1CCN(C(=S)N/N=C2/CCNc3cccnc32)CC1. The highest BCUT2D eigenvalue weighted by Crippen LogP contribution is 2.19. The molecule has 3 heterocycles. The van der Waals surface area contributed by atoms with E-state index in [0.717, 1.165) is 61.8 Å². The van der Waals surface area contributed by atoms with Gasteiger partial charge in [0, 0.05) is 51.0 Å². The molecule has 1 saturated heterocycles. The molecular formula is C22H30N6S. The number of hydrogen-bond donors (Lipinski definition) is 2. The van der Waals surface area contributed by atoms with Crippen LogP contribution in [0.5, 0.6) is 0 Å². The summed E-state index contributed by atoms with van der Waals surface area (Å²) in [7, 11) is 0. The van der Waals surface area contributed by atoms with Crippen LogP contribution in [0.2, 0.25) is 0 Å². The lowest BCUT2D eigenvalue weighted by molar-refractivity contribution is 0.225. The molecule has 0 bridgehead atoms. The summed E-state index contributed by atoms with van der Waals surface area (Å²) in [5.41, 5.74) is 9.51. The molecule has 0 saturated carbocycles. The van der Waals surface area contributed by atoms with E-state index in [1.54, 1.807) is 6.20 Å². The lowest BCUT2D eigenvalue weighted by Gasteiger charge is -2.37. The predicted molar refractivity (Wildman–Crippen MR) is 125 cm³/mol. The van der Waals surface area contributed by atoms with Crippen LogP contribution in [0.3, 0.4) is 0 Å². The number of hydrazone groups is 1. The third kappa shape index (κ3) is 5.67. The van der Waals surface area contributed by atoms with Gasteiger partial charge in [0.1, 0.15) is 5.69 Å². The zero-order chi connectivity index (χ0) is 20.8. The second-order valence-corrected chi connectivity index (χ2v) is 8.05. The third-order valence-corrected chi connectivity index (χ3v) is 5.16. The van der Waals surface area contributed by atoms with Gasteiger partial charge in [-0.05, 0) is 57.3 Å². The minimum atomic E-state index is 0.667. The topological polar surface area (TPSA) is 55.8 Å². The molecule has 3 rings (SSSR count). The highest BCUT2D eigenvalue weighted by atomic mass is 32.1. The number of nitrogens with one attached hydrogen (secondary N) is 2. The van der Waals surface area contributed by atoms with Crippen LogP contribution in [0.15, 0.2) is 59.0 Å². The van der Waals surface area contributed by atoms with Gasteiger partial charge in [0.2, 0.25) is 0 Å². The number of aromatic nitrogens is 1. The van der Waals surface area contributed by atoms with E-state index in [0.29, 0.717) is 5.11 Å². The molecule has 2 aliphatic heterocycles. The number of nitrogens with zero attached hydrogens (tertiary/aromatic N) is 4. The Morgan fingerprint density at radius 1 is 1.21 bits per heavy atom. The van der Waals surface area contributed by atoms with Gasteiger partial charge in [-0.3, -0.25) is 10.4 Å². The molecule has 1 aromatic rings. The lowest BCUT2D eigenvalue weighted by Crippen LogP contribution is -2.50. The van der Waals surface area contributed by atoms with Crippen molar-refractivity contribution in [2.45, 2.75) is 27.2 Å². The number of allylic oxidation sites excluding steroid dienone is 4. The fourth-order valence-corrected chi connectivity index (χ4v) is 3.68. The quantitative estimate of drug-likeness (QED) is 0.450. The Labute approximate surface area is 179 Å². The van der Waals surface area contributed by atoms with Crippen LogP contribution >= 0.6 is 12.2 Å². The maximum atomic E-state index is 5.60. The van der Waals surface area contributed by atoms with Crippen molar-refractivity contribution in [2.24, 2.45) is 5.10 Å². The van der Waals surface area contributed by atoms with Gasteiger partial charge in [-0.1, -0.05) is 17.7 Å². The van der Waals surface area contributed by atoms with Crippen LogP contribution < -0.4 is 10.7 Å². The van der Waals surface area contributed by atoms with Gasteiger partial charge in [0.05, 0.1) is 11.4 Å². The zero-order valence-electron chi connectivity index (χ0n) is 17.5. The summed E-state index contributed by atoms with van der Waals surface area (Å²) in [6.07, 6.45) is 6.98. The first-order chi connectivity index (χ1) is 13.9. The molecule has 0 aliphatic carbocycles. The minimum Gasteiger partial charge on any atom is -0.383 e. The Morgan fingerprint density at radius 3 is 2.62 bits per heavy atom. The number of anilines is 1. The van der Waals surface area contributed by atoms with E-state index < -0.39 is 0 Å². The van der Waals surface area contributed by atoms with Crippen molar-refractivity contribution in [1.82, 2.24) is 20.2 Å². The Kier molecular flexibility index (Phi) is 7.04. The molecule has 2 aliphatic rings. The summed E-state index contributed by atoms with van der Waals surface area (Å²) in [6, 6.07) is 3.95. The van der Waals surface area contributed by atoms with Crippen molar-refractivity contribution < 1.29 is 0 Å². The Morgan fingerprint density at radius 2 is 1.93 bits per heavy atom. The van der Waals surface area contributed by atoms with E-state index in [-0.39, 0.29) is 0 Å². The summed E-state index contributed by atoms with van der Waals surface area (Å²) >= 11 is 5.60. The van der Waals surface area contributed by atoms with Crippen LogP contribution in [0.25, 0.3) is 0 Å². The fourth-order valence-electron chi connectivity index (χ4n) is 3.45. The van der Waals surface area contributed by atoms with Crippen molar-refractivity contribution in [2.75, 3.05) is 38.0 Å². The van der Waals surface area contributed by atoms with Gasteiger partial charge in [0.15, 0.2) is 5.11 Å².